The van der Waals surface area contributed by atoms with Gasteiger partial charge in [0.2, 0.25) is 0 Å². The van der Waals surface area contributed by atoms with Crippen molar-refractivity contribution >= 4 is 38.4 Å². The van der Waals surface area contributed by atoms with E-state index in [2.05, 4.69) is 34.4 Å². The van der Waals surface area contributed by atoms with Gasteiger partial charge in [0.05, 0.1) is 12.9 Å². The molecule has 0 spiro atoms. The second kappa shape index (κ2) is 11.5. The number of imidazole rings is 1. The Morgan fingerprint density at radius 1 is 1.16 bits per heavy atom. The molecule has 38 heavy (non-hydrogen) atoms. The number of carbonyl (C=O) groups excluding carboxylic acids is 1. The Balaban J connectivity index is 1.42. The number of aromatic nitrogens is 4. The molecule has 2 amide bonds. The van der Waals surface area contributed by atoms with E-state index >= 15 is 0 Å². The number of phosphoric ester groups is 1. The van der Waals surface area contributed by atoms with Crippen LogP contribution in [0.25, 0.3) is 11.2 Å². The molecule has 2 aromatic heterocycles. The number of ether oxygens (including phenoxy) is 1. The zero-order chi connectivity index (χ0) is 27.5. The monoisotopic (exact) mass is 570 g/mol. The van der Waals surface area contributed by atoms with Crippen LogP contribution in [0.15, 0.2) is 43.0 Å². The number of phosphoric acid groups is 1. The summed E-state index contributed by atoms with van der Waals surface area (Å²) in [5.41, 5.74) is 0.605. The number of aliphatic hydroxyl groups excluding tert-OH is 2. The molecule has 0 aliphatic carbocycles. The van der Waals surface area contributed by atoms with Crippen LogP contribution in [0, 0.1) is 0 Å². The fourth-order valence-corrected chi connectivity index (χ4v) is 6.34. The Morgan fingerprint density at radius 3 is 2.61 bits per heavy atom. The predicted octanol–water partition coefficient (Wildman–Crippen LogP) is -0.158. The number of carbonyl (C=O) groups is 1. The average molecular weight is 570 g/mol. The van der Waals surface area contributed by atoms with Gasteiger partial charge in [0, 0.05) is 12.7 Å². The second-order valence-corrected chi connectivity index (χ2v) is 11.5. The summed E-state index contributed by atoms with van der Waals surface area (Å²) in [5, 5.41) is 26.0. The van der Waals surface area contributed by atoms with Crippen molar-refractivity contribution in [3.8, 4) is 0 Å². The van der Waals surface area contributed by atoms with E-state index in [4.69, 9.17) is 4.74 Å². The van der Waals surface area contributed by atoms with E-state index < -0.39 is 58.8 Å². The number of nitrogens with one attached hydrogen (secondary N) is 2. The Labute approximate surface area is 215 Å². The lowest BCUT2D eigenvalue weighted by Gasteiger charge is -2.32. The molecule has 4 N–H and O–H groups in total. The van der Waals surface area contributed by atoms with Gasteiger partial charge in [-0.3, -0.25) is 18.8 Å². The van der Waals surface area contributed by atoms with Crippen molar-refractivity contribution < 1.29 is 47.5 Å². The first kappa shape index (κ1) is 28.2. The van der Waals surface area contributed by atoms with Gasteiger partial charge in [0.15, 0.2) is 23.2 Å². The summed E-state index contributed by atoms with van der Waals surface area (Å²) in [4.78, 5) is 48.4. The van der Waals surface area contributed by atoms with Gasteiger partial charge in [-0.25, -0.2) is 19.7 Å². The van der Waals surface area contributed by atoms with Gasteiger partial charge in [0.25, 0.3) is 7.82 Å². The van der Waals surface area contributed by atoms with Crippen molar-refractivity contribution in [1.29, 1.82) is 0 Å². The normalized spacial score (nSPS) is 24.6. The molecule has 206 valence electrons. The minimum atomic E-state index is -5.38. The van der Waals surface area contributed by atoms with Gasteiger partial charge in [0.1, 0.15) is 32.2 Å². The van der Waals surface area contributed by atoms with Crippen LogP contribution >= 0.6 is 15.4 Å². The van der Waals surface area contributed by atoms with E-state index in [1.807, 2.05) is 0 Å². The van der Waals surface area contributed by atoms with E-state index in [0.29, 0.717) is 12.1 Å². The van der Waals surface area contributed by atoms with Gasteiger partial charge < -0.3 is 39.1 Å². The number of urea groups is 1. The topological polar surface area (TPSA) is 233 Å². The van der Waals surface area contributed by atoms with Crippen molar-refractivity contribution in [1.82, 2.24) is 24.8 Å². The van der Waals surface area contributed by atoms with E-state index in [1.165, 1.54) is 23.0 Å². The van der Waals surface area contributed by atoms with Crippen LogP contribution in [0.1, 0.15) is 18.7 Å². The molecule has 1 saturated heterocycles. The van der Waals surface area contributed by atoms with Crippen molar-refractivity contribution in [2.75, 3.05) is 18.5 Å². The quantitative estimate of drug-likeness (QED) is 0.232. The summed E-state index contributed by atoms with van der Waals surface area (Å²) in [6, 6.07) is 7.27. The number of benzene rings is 1. The van der Waals surface area contributed by atoms with Crippen molar-refractivity contribution in [2.45, 2.75) is 37.6 Å². The maximum atomic E-state index is 12.2. The lowest BCUT2D eigenvalue weighted by Crippen LogP contribution is -2.34. The van der Waals surface area contributed by atoms with E-state index in [9.17, 15) is 33.9 Å². The predicted molar refractivity (Wildman–Crippen MR) is 126 cm³/mol. The molecule has 16 nitrogen and oxygen atoms in total. The van der Waals surface area contributed by atoms with Crippen molar-refractivity contribution in [3.05, 3.63) is 48.5 Å². The molecule has 3 aromatic rings. The van der Waals surface area contributed by atoms with Crippen LogP contribution in [0.5, 0.6) is 0 Å². The molecule has 3 unspecified atom stereocenters. The number of hydrogen-bond donors (Lipinski definition) is 4. The fraction of sp³-hybridized carbons (Fsp3) is 0.400. The summed E-state index contributed by atoms with van der Waals surface area (Å²) in [7, 11) is -10.3. The second-order valence-electron chi connectivity index (χ2n) is 8.16. The molecule has 6 atom stereocenters. The summed E-state index contributed by atoms with van der Waals surface area (Å²) in [6.07, 6.45) is -4.20. The first-order chi connectivity index (χ1) is 18.0. The zero-order valence-electron chi connectivity index (χ0n) is 19.8. The molecule has 1 aromatic carbocycles. The highest BCUT2D eigenvalue weighted by molar-refractivity contribution is 7.62. The first-order valence-corrected chi connectivity index (χ1v) is 14.4. The molecule has 1 aliphatic rings. The van der Waals surface area contributed by atoms with Crippen LogP contribution in [0.4, 0.5) is 10.6 Å². The van der Waals surface area contributed by atoms with Gasteiger partial charge >= 0.3 is 6.03 Å². The van der Waals surface area contributed by atoms with Crippen LogP contribution in [0.3, 0.4) is 0 Å². The standard InChI is InChI=1S/C20H26N6O10P2/c1-2-21-20(29)25-17-14-18(23-10-22-17)26(11-24-14)19-16(28)15(27)13(35-19)8-34-38(32,33)36-37(30,31)9-12-6-4-3-5-7-12/h3-7,10-11,13,15-16,19,27-28H,2,8-9H2,1H3,(H,30,31)(H,32,33)(H2,21,22,23,25,29)/p-2/t13-,15?,16+,19-/m1/s1. The molecular weight excluding hydrogens is 546 g/mol. The van der Waals surface area contributed by atoms with Gasteiger partial charge in [-0.1, -0.05) is 30.3 Å². The minimum absolute atomic E-state index is 0.0783. The summed E-state index contributed by atoms with van der Waals surface area (Å²) < 4.78 is 40.1. The molecule has 4 rings (SSSR count). The number of hydrogen-bond acceptors (Lipinski definition) is 13. The smallest absolute Gasteiger partial charge is 0.320 e. The molecule has 0 saturated carbocycles. The first-order valence-electron chi connectivity index (χ1n) is 11.2. The lowest BCUT2D eigenvalue weighted by molar-refractivity contribution is -0.234. The third-order valence-electron chi connectivity index (χ3n) is 5.38. The Hall–Kier alpha value is -2.78. The SMILES string of the molecule is CCNC(=O)Nc1ncnc2c1ncn2[C@@H]1O[C@H](COP(=O)([O-])OP(=O)([O-])Cc2ccccc2)C(O)[C@@H]1O. The molecule has 1 fully saturated rings. The molecule has 3 heterocycles. The summed E-state index contributed by atoms with van der Waals surface area (Å²) in [6.45, 7) is 1.25. The number of rotatable bonds is 10. The van der Waals surface area contributed by atoms with E-state index in [0.717, 1.165) is 6.33 Å². The van der Waals surface area contributed by atoms with E-state index in [1.54, 1.807) is 25.1 Å². The molecule has 18 heteroatoms. The Bertz CT molecular complexity index is 1370. The maximum absolute atomic E-state index is 12.2. The highest BCUT2D eigenvalue weighted by Crippen LogP contribution is 2.56. The van der Waals surface area contributed by atoms with Crippen molar-refractivity contribution in [2.24, 2.45) is 0 Å². The van der Waals surface area contributed by atoms with Gasteiger partial charge in [-0.05, 0) is 12.5 Å². The largest absolute Gasteiger partial charge is 0.778 e. The summed E-state index contributed by atoms with van der Waals surface area (Å²) >= 11 is 0. The minimum Gasteiger partial charge on any atom is -0.778 e. The molecule has 0 bridgehead atoms. The number of amides is 2. The zero-order valence-corrected chi connectivity index (χ0v) is 21.6. The highest BCUT2D eigenvalue weighted by atomic mass is 31.3. The van der Waals surface area contributed by atoms with E-state index in [-0.39, 0.29) is 17.0 Å². The van der Waals surface area contributed by atoms with Crippen LogP contribution < -0.4 is 20.4 Å². The fourth-order valence-electron chi connectivity index (χ4n) is 3.72. The molecular formula is C20H24N6O10P2-2. The lowest BCUT2D eigenvalue weighted by atomic mass is 10.1. The van der Waals surface area contributed by atoms with Crippen molar-refractivity contribution in [3.63, 3.8) is 0 Å². The Morgan fingerprint density at radius 2 is 1.89 bits per heavy atom. The van der Waals surface area contributed by atoms with Gasteiger partial charge in [-0.15, -0.1) is 0 Å². The van der Waals surface area contributed by atoms with Crippen LogP contribution in [-0.2, 0) is 28.9 Å². The number of nitrogens with zero attached hydrogens (tertiary/aromatic N) is 4. The molecule has 0 radical (unpaired) electrons. The average Bonchev–Trinajstić information content (AvgIpc) is 3.39. The van der Waals surface area contributed by atoms with Crippen LogP contribution in [-0.4, -0.2) is 67.2 Å². The number of aliphatic hydroxyl groups is 2. The number of fused-ring (bicyclic) bond motifs is 1. The third kappa shape index (κ3) is 6.61. The Kier molecular flexibility index (Phi) is 8.57. The summed E-state index contributed by atoms with van der Waals surface area (Å²) in [5.74, 6) is 0.0783. The van der Waals surface area contributed by atoms with Crippen LogP contribution in [0.2, 0.25) is 0 Å². The third-order valence-corrected chi connectivity index (χ3v) is 8.39. The number of anilines is 1. The van der Waals surface area contributed by atoms with Gasteiger partial charge in [-0.2, -0.15) is 0 Å². The maximum Gasteiger partial charge on any atom is 0.320 e. The molecule has 1 aliphatic heterocycles. The highest BCUT2D eigenvalue weighted by Gasteiger charge is 2.45.